The molecule has 0 radical (unpaired) electrons. The van der Waals surface area contributed by atoms with Gasteiger partial charge in [0.15, 0.2) is 0 Å². The summed E-state index contributed by atoms with van der Waals surface area (Å²) in [4.78, 5) is 11.8. The Balaban J connectivity index is 2.28. The number of piperidine rings is 1. The zero-order valence-corrected chi connectivity index (χ0v) is 10.4. The number of hydrogen-bond acceptors (Lipinski definition) is 3. The lowest BCUT2D eigenvalue weighted by Gasteiger charge is -2.27. The molecule has 0 spiro atoms. The molecule has 16 heavy (non-hydrogen) atoms. The highest BCUT2D eigenvalue weighted by atomic mass is 16.3. The predicted molar refractivity (Wildman–Crippen MR) is 64.1 cm³/mol. The SMILES string of the molecule is CC(C)(CCO)CNC(=O)[C@@H]1CCCCN1. The van der Waals surface area contributed by atoms with E-state index in [-0.39, 0.29) is 24.0 Å². The number of amides is 1. The van der Waals surface area contributed by atoms with Crippen molar-refractivity contribution in [2.75, 3.05) is 19.7 Å². The number of hydrogen-bond donors (Lipinski definition) is 3. The van der Waals surface area contributed by atoms with Crippen molar-refractivity contribution in [2.45, 2.75) is 45.6 Å². The van der Waals surface area contributed by atoms with Crippen LogP contribution in [0.4, 0.5) is 0 Å². The Kier molecular flexibility index (Phi) is 5.22. The van der Waals surface area contributed by atoms with Gasteiger partial charge >= 0.3 is 0 Å². The highest BCUT2D eigenvalue weighted by molar-refractivity contribution is 5.81. The number of aliphatic hydroxyl groups is 1. The average Bonchev–Trinajstić information content (AvgIpc) is 2.27. The van der Waals surface area contributed by atoms with Gasteiger partial charge < -0.3 is 15.7 Å². The second-order valence-corrected chi connectivity index (χ2v) is 5.36. The molecule has 3 N–H and O–H groups in total. The molecule has 0 aromatic heterocycles. The molecule has 0 aromatic rings. The van der Waals surface area contributed by atoms with E-state index in [0.717, 1.165) is 19.4 Å². The third kappa shape index (κ3) is 4.49. The van der Waals surface area contributed by atoms with Crippen molar-refractivity contribution < 1.29 is 9.90 Å². The van der Waals surface area contributed by atoms with Crippen molar-refractivity contribution in [1.82, 2.24) is 10.6 Å². The van der Waals surface area contributed by atoms with Crippen molar-refractivity contribution in [2.24, 2.45) is 5.41 Å². The van der Waals surface area contributed by atoms with Gasteiger partial charge in [-0.05, 0) is 31.2 Å². The fourth-order valence-corrected chi connectivity index (χ4v) is 1.92. The Hall–Kier alpha value is -0.610. The van der Waals surface area contributed by atoms with E-state index in [1.54, 1.807) is 0 Å². The smallest absolute Gasteiger partial charge is 0.237 e. The van der Waals surface area contributed by atoms with E-state index in [0.29, 0.717) is 13.0 Å². The van der Waals surface area contributed by atoms with Gasteiger partial charge in [-0.2, -0.15) is 0 Å². The van der Waals surface area contributed by atoms with E-state index in [9.17, 15) is 4.79 Å². The summed E-state index contributed by atoms with van der Waals surface area (Å²) in [5.74, 6) is 0.103. The van der Waals surface area contributed by atoms with Gasteiger partial charge in [0.05, 0.1) is 6.04 Å². The van der Waals surface area contributed by atoms with Crippen molar-refractivity contribution in [3.05, 3.63) is 0 Å². The van der Waals surface area contributed by atoms with Crippen molar-refractivity contribution in [3.8, 4) is 0 Å². The maximum absolute atomic E-state index is 11.8. The zero-order valence-electron chi connectivity index (χ0n) is 10.4. The van der Waals surface area contributed by atoms with Crippen LogP contribution >= 0.6 is 0 Å². The van der Waals surface area contributed by atoms with Crippen LogP contribution in [0.2, 0.25) is 0 Å². The molecule has 1 rings (SSSR count). The van der Waals surface area contributed by atoms with Crippen molar-refractivity contribution in [1.29, 1.82) is 0 Å². The van der Waals surface area contributed by atoms with E-state index in [1.165, 1.54) is 6.42 Å². The molecule has 1 amide bonds. The normalized spacial score (nSPS) is 21.8. The molecular weight excluding hydrogens is 204 g/mol. The minimum atomic E-state index is -0.0287. The molecule has 1 aliphatic heterocycles. The Morgan fingerprint density at radius 3 is 2.81 bits per heavy atom. The number of aliphatic hydroxyl groups excluding tert-OH is 1. The third-order valence-corrected chi connectivity index (χ3v) is 3.16. The van der Waals surface area contributed by atoms with Crippen LogP contribution in [0.15, 0.2) is 0 Å². The molecule has 0 bridgehead atoms. The van der Waals surface area contributed by atoms with E-state index in [1.807, 2.05) is 0 Å². The van der Waals surface area contributed by atoms with Gasteiger partial charge in [0.2, 0.25) is 5.91 Å². The average molecular weight is 228 g/mol. The molecule has 1 saturated heterocycles. The van der Waals surface area contributed by atoms with Gasteiger partial charge in [0.25, 0.3) is 0 Å². The molecule has 1 aliphatic rings. The third-order valence-electron chi connectivity index (χ3n) is 3.16. The molecule has 94 valence electrons. The molecular formula is C12H24N2O2. The quantitative estimate of drug-likeness (QED) is 0.647. The lowest BCUT2D eigenvalue weighted by molar-refractivity contribution is -0.124. The molecule has 4 heteroatoms. The van der Waals surface area contributed by atoms with Gasteiger partial charge in [-0.1, -0.05) is 20.3 Å². The van der Waals surface area contributed by atoms with Gasteiger partial charge in [-0.25, -0.2) is 0 Å². The fourth-order valence-electron chi connectivity index (χ4n) is 1.92. The maximum atomic E-state index is 11.8. The summed E-state index contributed by atoms with van der Waals surface area (Å²) in [6.07, 6.45) is 3.95. The molecule has 4 nitrogen and oxygen atoms in total. The summed E-state index contributed by atoms with van der Waals surface area (Å²) in [5.41, 5.74) is -0.0287. The highest BCUT2D eigenvalue weighted by Crippen LogP contribution is 2.18. The lowest BCUT2D eigenvalue weighted by atomic mass is 9.89. The topological polar surface area (TPSA) is 61.4 Å². The molecule has 1 atom stereocenters. The van der Waals surface area contributed by atoms with Crippen LogP contribution in [0.3, 0.4) is 0 Å². The first kappa shape index (κ1) is 13.5. The summed E-state index contributed by atoms with van der Waals surface area (Å²) < 4.78 is 0. The van der Waals surface area contributed by atoms with E-state index in [4.69, 9.17) is 5.11 Å². The van der Waals surface area contributed by atoms with E-state index >= 15 is 0 Å². The van der Waals surface area contributed by atoms with E-state index < -0.39 is 0 Å². The van der Waals surface area contributed by atoms with Gasteiger partial charge in [0.1, 0.15) is 0 Å². The molecule has 0 aliphatic carbocycles. The summed E-state index contributed by atoms with van der Waals surface area (Å²) in [5, 5.41) is 15.1. The second-order valence-electron chi connectivity index (χ2n) is 5.36. The highest BCUT2D eigenvalue weighted by Gasteiger charge is 2.23. The first-order chi connectivity index (χ1) is 7.55. The molecule has 1 fully saturated rings. The summed E-state index contributed by atoms with van der Waals surface area (Å²) in [6, 6.07) is -0.0151. The van der Waals surface area contributed by atoms with Crippen LogP contribution in [0, 0.1) is 5.41 Å². The van der Waals surface area contributed by atoms with Gasteiger partial charge in [-0.15, -0.1) is 0 Å². The lowest BCUT2D eigenvalue weighted by Crippen LogP contribution is -2.48. The summed E-state index contributed by atoms with van der Waals surface area (Å²) in [7, 11) is 0. The number of carbonyl (C=O) groups excluding carboxylic acids is 1. The van der Waals surface area contributed by atoms with Crippen LogP contribution in [-0.2, 0) is 4.79 Å². The van der Waals surface area contributed by atoms with Crippen molar-refractivity contribution in [3.63, 3.8) is 0 Å². The molecule has 0 unspecified atom stereocenters. The van der Waals surface area contributed by atoms with Crippen LogP contribution in [0.25, 0.3) is 0 Å². The molecule has 1 heterocycles. The summed E-state index contributed by atoms with van der Waals surface area (Å²) in [6.45, 7) is 5.85. The fraction of sp³-hybridized carbons (Fsp3) is 0.917. The molecule has 0 saturated carbocycles. The standard InChI is InChI=1S/C12H24N2O2/c1-12(2,6-8-15)9-14-11(16)10-5-3-4-7-13-10/h10,13,15H,3-9H2,1-2H3,(H,14,16)/t10-/m0/s1. The first-order valence-electron chi connectivity index (χ1n) is 6.17. The van der Waals surface area contributed by atoms with Gasteiger partial charge in [-0.3, -0.25) is 4.79 Å². The van der Waals surface area contributed by atoms with Gasteiger partial charge in [0, 0.05) is 13.2 Å². The van der Waals surface area contributed by atoms with Crippen LogP contribution in [-0.4, -0.2) is 36.8 Å². The van der Waals surface area contributed by atoms with Crippen LogP contribution in [0.1, 0.15) is 39.5 Å². The zero-order chi connectivity index (χ0) is 12.0. The Morgan fingerprint density at radius 2 is 2.25 bits per heavy atom. The second kappa shape index (κ2) is 6.21. The van der Waals surface area contributed by atoms with Crippen LogP contribution < -0.4 is 10.6 Å². The number of nitrogens with one attached hydrogen (secondary N) is 2. The first-order valence-corrected chi connectivity index (χ1v) is 6.17. The minimum Gasteiger partial charge on any atom is -0.396 e. The Morgan fingerprint density at radius 1 is 1.50 bits per heavy atom. The Labute approximate surface area is 97.8 Å². The predicted octanol–water partition coefficient (Wildman–Crippen LogP) is 0.653. The monoisotopic (exact) mass is 228 g/mol. The minimum absolute atomic E-state index is 0.0151. The van der Waals surface area contributed by atoms with Crippen molar-refractivity contribution >= 4 is 5.91 Å². The maximum Gasteiger partial charge on any atom is 0.237 e. The van der Waals surface area contributed by atoms with Crippen LogP contribution in [0.5, 0.6) is 0 Å². The Bertz CT molecular complexity index is 223. The summed E-state index contributed by atoms with van der Waals surface area (Å²) >= 11 is 0. The largest absolute Gasteiger partial charge is 0.396 e. The molecule has 0 aromatic carbocycles. The van der Waals surface area contributed by atoms with E-state index in [2.05, 4.69) is 24.5 Å². The number of rotatable bonds is 5. The number of carbonyl (C=O) groups is 1.